The van der Waals surface area contributed by atoms with E-state index in [-0.39, 0.29) is 47.8 Å². The molecule has 3 aliphatic rings. The quantitative estimate of drug-likeness (QED) is 0.289. The Morgan fingerprint density at radius 1 is 1.03 bits per heavy atom. The average molecular weight is 559 g/mol. The lowest BCUT2D eigenvalue weighted by molar-refractivity contribution is -0.143. The van der Waals surface area contributed by atoms with Crippen LogP contribution in [0.25, 0.3) is 0 Å². The molecule has 39 heavy (non-hydrogen) atoms. The SMILES string of the molecule is COc1cc(F)c(O[C@H]2CC[C@@H](C(=O)O)CC2)cc1C(=O)N[C@@H]1[C@H]2CC[C@H](C2)[C@@H]1C(=O)NCCCC(F)(F)F. The third kappa shape index (κ3) is 6.94. The highest BCUT2D eigenvalue weighted by Gasteiger charge is 2.51. The second-order valence-corrected chi connectivity index (χ2v) is 10.8. The van der Waals surface area contributed by atoms with Crippen molar-refractivity contribution < 1.29 is 46.5 Å². The number of nitrogens with one attached hydrogen (secondary N) is 2. The van der Waals surface area contributed by atoms with Crippen LogP contribution in [0.1, 0.15) is 68.1 Å². The van der Waals surface area contributed by atoms with Crippen molar-refractivity contribution in [2.24, 2.45) is 23.7 Å². The lowest BCUT2D eigenvalue weighted by Crippen LogP contribution is -2.50. The van der Waals surface area contributed by atoms with Gasteiger partial charge in [0.2, 0.25) is 5.91 Å². The van der Waals surface area contributed by atoms with Gasteiger partial charge in [-0.15, -0.1) is 0 Å². The van der Waals surface area contributed by atoms with E-state index >= 15 is 0 Å². The van der Waals surface area contributed by atoms with E-state index in [4.69, 9.17) is 9.47 Å². The van der Waals surface area contributed by atoms with Gasteiger partial charge in [0.25, 0.3) is 5.91 Å². The number of carboxylic acids is 1. The van der Waals surface area contributed by atoms with Gasteiger partial charge in [-0.05, 0) is 69.3 Å². The van der Waals surface area contributed by atoms with Crippen LogP contribution in [0.3, 0.4) is 0 Å². The normalized spacial score (nSPS) is 28.1. The summed E-state index contributed by atoms with van der Waals surface area (Å²) in [5.41, 5.74) is 0.0280. The summed E-state index contributed by atoms with van der Waals surface area (Å²) in [4.78, 5) is 37.5. The summed E-state index contributed by atoms with van der Waals surface area (Å²) in [6.45, 7) is -0.103. The van der Waals surface area contributed by atoms with Gasteiger partial charge in [0.15, 0.2) is 11.6 Å². The van der Waals surface area contributed by atoms with Crippen molar-refractivity contribution in [3.8, 4) is 11.5 Å². The van der Waals surface area contributed by atoms with Gasteiger partial charge in [0, 0.05) is 25.1 Å². The number of methoxy groups -OCH3 is 1. The number of fused-ring (bicyclic) bond motifs is 2. The maximum absolute atomic E-state index is 14.8. The average Bonchev–Trinajstić information content (AvgIpc) is 3.49. The minimum absolute atomic E-state index is 0.0109. The molecule has 0 saturated heterocycles. The second kappa shape index (κ2) is 12.0. The lowest BCUT2D eigenvalue weighted by atomic mass is 9.83. The minimum Gasteiger partial charge on any atom is -0.496 e. The summed E-state index contributed by atoms with van der Waals surface area (Å²) in [5.74, 6) is -3.63. The summed E-state index contributed by atoms with van der Waals surface area (Å²) in [6, 6.07) is 1.80. The van der Waals surface area contributed by atoms with Gasteiger partial charge in [0.1, 0.15) is 5.75 Å². The zero-order valence-electron chi connectivity index (χ0n) is 21.7. The van der Waals surface area contributed by atoms with Crippen LogP contribution in [0.15, 0.2) is 12.1 Å². The number of hydrogen-bond acceptors (Lipinski definition) is 5. The zero-order chi connectivity index (χ0) is 28.3. The number of benzene rings is 1. The van der Waals surface area contributed by atoms with Gasteiger partial charge in [-0.3, -0.25) is 14.4 Å². The lowest BCUT2D eigenvalue weighted by Gasteiger charge is -2.31. The van der Waals surface area contributed by atoms with Crippen molar-refractivity contribution in [3.05, 3.63) is 23.5 Å². The number of hydrogen-bond donors (Lipinski definition) is 3. The molecule has 1 aromatic rings. The van der Waals surface area contributed by atoms with Crippen molar-refractivity contribution in [2.45, 2.75) is 76.1 Å². The molecule has 3 N–H and O–H groups in total. The Labute approximate surface area is 223 Å². The van der Waals surface area contributed by atoms with Gasteiger partial charge in [-0.25, -0.2) is 4.39 Å². The van der Waals surface area contributed by atoms with Crippen molar-refractivity contribution in [1.29, 1.82) is 0 Å². The van der Waals surface area contributed by atoms with Crippen molar-refractivity contribution in [3.63, 3.8) is 0 Å². The van der Waals surface area contributed by atoms with Crippen LogP contribution in [0, 0.1) is 29.5 Å². The molecule has 2 bridgehead atoms. The fourth-order valence-electron chi connectivity index (χ4n) is 6.30. The number of rotatable bonds is 10. The highest BCUT2D eigenvalue weighted by Crippen LogP contribution is 2.49. The minimum atomic E-state index is -4.29. The molecule has 3 fully saturated rings. The molecule has 2 amide bonds. The van der Waals surface area contributed by atoms with Crippen LogP contribution >= 0.6 is 0 Å². The first-order valence-electron chi connectivity index (χ1n) is 13.4. The predicted octanol–water partition coefficient (Wildman–Crippen LogP) is 4.46. The van der Waals surface area contributed by atoms with Crippen molar-refractivity contribution in [1.82, 2.24) is 10.6 Å². The molecular weight excluding hydrogens is 524 g/mol. The molecule has 4 atom stereocenters. The third-order valence-corrected chi connectivity index (χ3v) is 8.27. The molecule has 12 heteroatoms. The second-order valence-electron chi connectivity index (χ2n) is 10.8. The number of carboxylic acid groups (broad SMARTS) is 1. The van der Waals surface area contributed by atoms with E-state index in [0.717, 1.165) is 25.3 Å². The first-order chi connectivity index (χ1) is 18.5. The molecule has 0 spiro atoms. The Morgan fingerprint density at radius 2 is 1.72 bits per heavy atom. The maximum Gasteiger partial charge on any atom is 0.389 e. The zero-order valence-corrected chi connectivity index (χ0v) is 21.7. The van der Waals surface area contributed by atoms with Crippen LogP contribution in [0.4, 0.5) is 17.6 Å². The Bertz CT molecular complexity index is 1070. The highest BCUT2D eigenvalue weighted by molar-refractivity contribution is 5.98. The summed E-state index contributed by atoms with van der Waals surface area (Å²) in [6.07, 6.45) is -1.83. The largest absolute Gasteiger partial charge is 0.496 e. The van der Waals surface area contributed by atoms with Gasteiger partial charge < -0.3 is 25.2 Å². The van der Waals surface area contributed by atoms with Gasteiger partial charge in [-0.1, -0.05) is 0 Å². The monoisotopic (exact) mass is 558 g/mol. The molecule has 0 unspecified atom stereocenters. The molecule has 0 aliphatic heterocycles. The van der Waals surface area contributed by atoms with E-state index in [9.17, 15) is 37.1 Å². The number of aliphatic carboxylic acids is 1. The van der Waals surface area contributed by atoms with Crippen LogP contribution in [-0.4, -0.2) is 54.9 Å². The molecule has 4 rings (SSSR count). The van der Waals surface area contributed by atoms with E-state index in [2.05, 4.69) is 10.6 Å². The Balaban J connectivity index is 1.43. The van der Waals surface area contributed by atoms with Crippen LogP contribution < -0.4 is 20.1 Å². The fourth-order valence-corrected chi connectivity index (χ4v) is 6.30. The predicted molar refractivity (Wildman–Crippen MR) is 131 cm³/mol. The maximum atomic E-state index is 14.8. The van der Waals surface area contributed by atoms with Crippen molar-refractivity contribution >= 4 is 17.8 Å². The molecular formula is C27H34F4N2O6. The Kier molecular flexibility index (Phi) is 8.90. The third-order valence-electron chi connectivity index (χ3n) is 8.27. The smallest absolute Gasteiger partial charge is 0.389 e. The number of alkyl halides is 3. The number of amides is 2. The molecule has 8 nitrogen and oxygen atoms in total. The van der Waals surface area contributed by atoms with Crippen LogP contribution in [0.2, 0.25) is 0 Å². The molecule has 0 radical (unpaired) electrons. The number of carbonyl (C=O) groups excluding carboxylic acids is 2. The topological polar surface area (TPSA) is 114 Å². The number of halogens is 4. The standard InChI is InChI=1S/C27H34F4N2O6/c1-38-20-13-19(28)21(39-17-7-5-14(6-8-17)26(36)37)12-18(20)24(34)33-23-16-4-3-15(11-16)22(23)25(35)32-10-2-9-27(29,30)31/h12-17,22-23H,2-11H2,1H3,(H,32,35)(H,33,34)(H,36,37)/t14-,15-,16+,17+,22+,23-/m1/s1. The van der Waals surface area contributed by atoms with E-state index in [1.165, 1.54) is 13.2 Å². The molecule has 216 valence electrons. The first kappa shape index (κ1) is 28.9. The summed E-state index contributed by atoms with van der Waals surface area (Å²) in [7, 11) is 1.30. The highest BCUT2D eigenvalue weighted by atomic mass is 19.4. The number of ether oxygens (including phenoxy) is 2. The Hall–Kier alpha value is -3.05. The van der Waals surface area contributed by atoms with E-state index in [0.29, 0.717) is 25.7 Å². The van der Waals surface area contributed by atoms with E-state index in [1.807, 2.05) is 0 Å². The van der Waals surface area contributed by atoms with Gasteiger partial charge in [-0.2, -0.15) is 13.2 Å². The molecule has 1 aromatic carbocycles. The fraction of sp³-hybridized carbons (Fsp3) is 0.667. The summed E-state index contributed by atoms with van der Waals surface area (Å²) < 4.78 is 63.2. The molecule has 0 aromatic heterocycles. The summed E-state index contributed by atoms with van der Waals surface area (Å²) >= 11 is 0. The van der Waals surface area contributed by atoms with Crippen molar-refractivity contribution in [2.75, 3.05) is 13.7 Å². The first-order valence-corrected chi connectivity index (χ1v) is 13.4. The van der Waals surface area contributed by atoms with Gasteiger partial charge >= 0.3 is 12.1 Å². The van der Waals surface area contributed by atoms with Crippen LogP contribution in [0.5, 0.6) is 11.5 Å². The van der Waals surface area contributed by atoms with Gasteiger partial charge in [0.05, 0.1) is 30.6 Å². The molecule has 3 saturated carbocycles. The van der Waals surface area contributed by atoms with Crippen LogP contribution in [-0.2, 0) is 9.59 Å². The Morgan fingerprint density at radius 3 is 2.36 bits per heavy atom. The van der Waals surface area contributed by atoms with E-state index in [1.54, 1.807) is 0 Å². The van der Waals surface area contributed by atoms with E-state index < -0.39 is 54.3 Å². The number of carbonyl (C=O) groups is 3. The molecule has 0 heterocycles. The molecule has 3 aliphatic carbocycles. The summed E-state index contributed by atoms with van der Waals surface area (Å²) in [5, 5.41) is 14.7.